The molecule has 2 nitrogen and oxygen atoms in total. The van der Waals surface area contributed by atoms with Crippen LogP contribution in [-0.2, 0) is 6.42 Å². The summed E-state index contributed by atoms with van der Waals surface area (Å²) in [6.07, 6.45) is 0.600. The molecule has 106 valence electrons. The molecule has 0 bridgehead atoms. The molecule has 0 saturated heterocycles. The lowest BCUT2D eigenvalue weighted by Gasteiger charge is -2.04. The number of aryl methyl sites for hydroxylation is 1. The zero-order valence-corrected chi connectivity index (χ0v) is 12.9. The minimum absolute atomic E-state index is 0.233. The molecule has 1 heterocycles. The molecule has 0 fully saturated rings. The van der Waals surface area contributed by atoms with Gasteiger partial charge in [-0.3, -0.25) is 4.79 Å². The van der Waals surface area contributed by atoms with Gasteiger partial charge in [-0.1, -0.05) is 41.1 Å². The Morgan fingerprint density at radius 2 is 2.00 bits per heavy atom. The highest BCUT2D eigenvalue weighted by molar-refractivity contribution is 9.10. The van der Waals surface area contributed by atoms with E-state index in [0.717, 1.165) is 5.39 Å². The first kappa shape index (κ1) is 14.0. The van der Waals surface area contributed by atoms with Gasteiger partial charge < -0.3 is 4.42 Å². The number of fused-ring (bicyclic) bond motifs is 1. The van der Waals surface area contributed by atoms with Gasteiger partial charge in [-0.2, -0.15) is 0 Å². The molecule has 0 saturated carbocycles. The second kappa shape index (κ2) is 5.45. The molecule has 3 rings (SSSR count). The van der Waals surface area contributed by atoms with Crippen LogP contribution in [0.25, 0.3) is 11.0 Å². The molecule has 0 atom stereocenters. The van der Waals surface area contributed by atoms with Crippen LogP contribution in [0.3, 0.4) is 0 Å². The number of benzene rings is 2. The van der Waals surface area contributed by atoms with Gasteiger partial charge in [0.15, 0.2) is 5.78 Å². The topological polar surface area (TPSA) is 30.2 Å². The zero-order chi connectivity index (χ0) is 15.0. The summed E-state index contributed by atoms with van der Waals surface area (Å²) in [6, 6.07) is 11.5. The first-order chi connectivity index (χ1) is 10.1. The highest BCUT2D eigenvalue weighted by Crippen LogP contribution is 2.30. The van der Waals surface area contributed by atoms with E-state index in [1.807, 2.05) is 31.2 Å². The Labute approximate surface area is 129 Å². The normalized spacial score (nSPS) is 11.0. The number of furan rings is 1. The first-order valence-corrected chi connectivity index (χ1v) is 7.41. The molecule has 0 aliphatic carbocycles. The van der Waals surface area contributed by atoms with E-state index in [-0.39, 0.29) is 5.78 Å². The predicted molar refractivity (Wildman–Crippen MR) is 83.1 cm³/mol. The van der Waals surface area contributed by atoms with Gasteiger partial charge in [0.2, 0.25) is 0 Å². The SMILES string of the molecule is CCc1oc2ccccc2c1C(=O)c1cc(F)ccc1Br. The highest BCUT2D eigenvalue weighted by Gasteiger charge is 2.22. The Morgan fingerprint density at radius 1 is 1.24 bits per heavy atom. The smallest absolute Gasteiger partial charge is 0.198 e. The summed E-state index contributed by atoms with van der Waals surface area (Å²) in [7, 11) is 0. The van der Waals surface area contributed by atoms with Crippen LogP contribution in [0.15, 0.2) is 51.4 Å². The fraction of sp³-hybridized carbons (Fsp3) is 0.118. The van der Waals surface area contributed by atoms with Crippen molar-refractivity contribution in [1.82, 2.24) is 0 Å². The monoisotopic (exact) mass is 346 g/mol. The molecule has 21 heavy (non-hydrogen) atoms. The van der Waals surface area contributed by atoms with Crippen molar-refractivity contribution in [3.05, 3.63) is 69.6 Å². The van der Waals surface area contributed by atoms with Crippen molar-refractivity contribution < 1.29 is 13.6 Å². The van der Waals surface area contributed by atoms with Crippen LogP contribution in [0.1, 0.15) is 28.6 Å². The van der Waals surface area contributed by atoms with E-state index < -0.39 is 5.82 Å². The van der Waals surface area contributed by atoms with Crippen molar-refractivity contribution in [2.45, 2.75) is 13.3 Å². The maximum atomic E-state index is 13.4. The lowest BCUT2D eigenvalue weighted by atomic mass is 9.99. The van der Waals surface area contributed by atoms with Crippen molar-refractivity contribution >= 4 is 32.7 Å². The van der Waals surface area contributed by atoms with Crippen molar-refractivity contribution in [1.29, 1.82) is 0 Å². The average Bonchev–Trinajstić information content (AvgIpc) is 2.87. The Bertz CT molecular complexity index is 836. The molecular weight excluding hydrogens is 335 g/mol. The third-order valence-electron chi connectivity index (χ3n) is 3.39. The number of ketones is 1. The number of hydrogen-bond acceptors (Lipinski definition) is 2. The maximum Gasteiger partial charge on any atom is 0.198 e. The molecule has 0 amide bonds. The number of halogens is 2. The summed E-state index contributed by atoms with van der Waals surface area (Å²) in [6.45, 7) is 1.93. The van der Waals surface area contributed by atoms with Gasteiger partial charge in [-0.15, -0.1) is 0 Å². The lowest BCUT2D eigenvalue weighted by molar-refractivity contribution is 0.103. The summed E-state index contributed by atoms with van der Waals surface area (Å²) in [5, 5.41) is 0.760. The van der Waals surface area contributed by atoms with Gasteiger partial charge in [0.1, 0.15) is 17.2 Å². The molecule has 0 aliphatic rings. The van der Waals surface area contributed by atoms with E-state index in [1.54, 1.807) is 0 Å². The molecule has 2 aromatic carbocycles. The Balaban J connectivity index is 2.24. The second-order valence-electron chi connectivity index (χ2n) is 4.70. The third-order valence-corrected chi connectivity index (χ3v) is 4.08. The van der Waals surface area contributed by atoms with E-state index in [9.17, 15) is 9.18 Å². The Hall–Kier alpha value is -1.94. The summed E-state index contributed by atoms with van der Waals surface area (Å²) in [4.78, 5) is 12.8. The van der Waals surface area contributed by atoms with Gasteiger partial charge in [0.05, 0.1) is 5.56 Å². The molecule has 0 spiro atoms. The molecule has 0 aliphatic heterocycles. The number of hydrogen-bond donors (Lipinski definition) is 0. The predicted octanol–water partition coefficient (Wildman–Crippen LogP) is 5.13. The quantitative estimate of drug-likeness (QED) is 0.615. The van der Waals surface area contributed by atoms with E-state index in [1.165, 1.54) is 18.2 Å². The van der Waals surface area contributed by atoms with Crippen molar-refractivity contribution in [2.24, 2.45) is 0 Å². The van der Waals surface area contributed by atoms with Crippen LogP contribution in [0.4, 0.5) is 4.39 Å². The molecule has 0 radical (unpaired) electrons. The average molecular weight is 347 g/mol. The minimum Gasteiger partial charge on any atom is -0.460 e. The summed E-state index contributed by atoms with van der Waals surface area (Å²) >= 11 is 3.31. The fourth-order valence-corrected chi connectivity index (χ4v) is 2.83. The molecule has 0 unspecified atom stereocenters. The van der Waals surface area contributed by atoms with Crippen LogP contribution < -0.4 is 0 Å². The molecule has 3 aromatic rings. The van der Waals surface area contributed by atoms with Gasteiger partial charge in [0, 0.05) is 21.8 Å². The molecule has 0 N–H and O–H groups in total. The molecular formula is C17H12BrFO2. The lowest BCUT2D eigenvalue weighted by Crippen LogP contribution is -2.05. The maximum absolute atomic E-state index is 13.4. The summed E-state index contributed by atoms with van der Waals surface area (Å²) in [5.41, 5.74) is 1.49. The van der Waals surface area contributed by atoms with Gasteiger partial charge >= 0.3 is 0 Å². The third kappa shape index (κ3) is 2.40. The van der Waals surface area contributed by atoms with Crippen LogP contribution in [-0.4, -0.2) is 5.78 Å². The first-order valence-electron chi connectivity index (χ1n) is 6.62. The van der Waals surface area contributed by atoms with Crippen molar-refractivity contribution in [2.75, 3.05) is 0 Å². The van der Waals surface area contributed by atoms with E-state index in [2.05, 4.69) is 15.9 Å². The van der Waals surface area contributed by atoms with Gasteiger partial charge in [-0.05, 0) is 24.3 Å². The number of carbonyl (C=O) groups excluding carboxylic acids is 1. The largest absolute Gasteiger partial charge is 0.460 e. The fourth-order valence-electron chi connectivity index (χ4n) is 2.40. The number of para-hydroxylation sites is 1. The molecule has 4 heteroatoms. The Kier molecular flexibility index (Phi) is 3.64. The minimum atomic E-state index is -0.438. The zero-order valence-electron chi connectivity index (χ0n) is 11.3. The standard InChI is InChI=1S/C17H12BrFO2/c1-2-14-16(11-5-3-4-6-15(11)21-14)17(20)12-9-10(19)7-8-13(12)18/h3-9H,2H2,1H3. The second-order valence-corrected chi connectivity index (χ2v) is 5.56. The summed E-state index contributed by atoms with van der Waals surface area (Å²) < 4.78 is 19.8. The van der Waals surface area contributed by atoms with Crippen LogP contribution in [0, 0.1) is 5.82 Å². The van der Waals surface area contributed by atoms with Gasteiger partial charge in [-0.25, -0.2) is 4.39 Å². The van der Waals surface area contributed by atoms with E-state index in [4.69, 9.17) is 4.42 Å². The summed E-state index contributed by atoms with van der Waals surface area (Å²) in [5.74, 6) is -0.0482. The molecule has 1 aromatic heterocycles. The number of carbonyl (C=O) groups is 1. The van der Waals surface area contributed by atoms with E-state index in [0.29, 0.717) is 33.4 Å². The highest BCUT2D eigenvalue weighted by atomic mass is 79.9. The van der Waals surface area contributed by atoms with Crippen molar-refractivity contribution in [3.8, 4) is 0 Å². The number of rotatable bonds is 3. The van der Waals surface area contributed by atoms with Crippen LogP contribution in [0.2, 0.25) is 0 Å². The Morgan fingerprint density at radius 3 is 2.76 bits per heavy atom. The van der Waals surface area contributed by atoms with Crippen LogP contribution >= 0.6 is 15.9 Å². The van der Waals surface area contributed by atoms with Crippen molar-refractivity contribution in [3.63, 3.8) is 0 Å². The van der Waals surface area contributed by atoms with Crippen LogP contribution in [0.5, 0.6) is 0 Å². The van der Waals surface area contributed by atoms with E-state index >= 15 is 0 Å². The van der Waals surface area contributed by atoms with Gasteiger partial charge in [0.25, 0.3) is 0 Å².